The smallest absolute Gasteiger partial charge is 0.0958 e. The topological polar surface area (TPSA) is 64.4 Å². The zero-order valence-electron chi connectivity index (χ0n) is 8.26. The minimum atomic E-state index is 0.515. The molecule has 0 fully saturated rings. The van der Waals surface area contributed by atoms with Gasteiger partial charge in [-0.1, -0.05) is 27.7 Å². The molecule has 0 unspecified atom stereocenters. The highest BCUT2D eigenvalue weighted by Crippen LogP contribution is 1.67. The molecule has 0 aliphatic carbocycles. The van der Waals surface area contributed by atoms with Crippen molar-refractivity contribution in [3.63, 3.8) is 0 Å². The second-order valence-corrected chi connectivity index (χ2v) is 1.11. The van der Waals surface area contributed by atoms with Crippen LogP contribution in [-0.4, -0.2) is 5.84 Å². The van der Waals surface area contributed by atoms with Gasteiger partial charge in [0.15, 0.2) is 0 Å². The number of nitrogens with zero attached hydrogens (tertiary/aromatic N) is 1. The van der Waals surface area contributed by atoms with Gasteiger partial charge in [0.1, 0.15) is 0 Å². The van der Waals surface area contributed by atoms with Crippen LogP contribution in [0.25, 0.3) is 0 Å². The summed E-state index contributed by atoms with van der Waals surface area (Å²) in [6.45, 7) is 9.69. The van der Waals surface area contributed by atoms with Crippen LogP contribution in [-0.2, 0) is 0 Å². The lowest BCUT2D eigenvalue weighted by molar-refractivity contribution is 1.43. The first-order valence-corrected chi connectivity index (χ1v) is 3.94. The van der Waals surface area contributed by atoms with Crippen LogP contribution in [0.3, 0.4) is 0 Å². The highest BCUT2D eigenvalue weighted by molar-refractivity contribution is 5.77. The van der Waals surface area contributed by atoms with E-state index in [1.165, 1.54) is 12.4 Å². The molecular formula is C8H21N3. The Kier molecular flexibility index (Phi) is 34.6. The molecule has 0 spiro atoms. The van der Waals surface area contributed by atoms with Crippen molar-refractivity contribution in [2.75, 3.05) is 0 Å². The zero-order valence-corrected chi connectivity index (χ0v) is 8.26. The van der Waals surface area contributed by atoms with Crippen molar-refractivity contribution >= 4 is 5.84 Å². The summed E-state index contributed by atoms with van der Waals surface area (Å²) in [6.07, 6.45) is 2.77. The molecule has 0 bridgehead atoms. The normalized spacial score (nSPS) is 9.36. The van der Waals surface area contributed by atoms with Gasteiger partial charge in [-0.2, -0.15) is 0 Å². The van der Waals surface area contributed by atoms with Crippen LogP contribution in [0.2, 0.25) is 0 Å². The van der Waals surface area contributed by atoms with Crippen LogP contribution in [0, 0.1) is 0 Å². The molecule has 0 radical (unpaired) electrons. The van der Waals surface area contributed by atoms with E-state index < -0.39 is 0 Å². The van der Waals surface area contributed by atoms with Crippen molar-refractivity contribution in [2.24, 2.45) is 16.5 Å². The van der Waals surface area contributed by atoms with Crippen molar-refractivity contribution in [1.82, 2.24) is 0 Å². The molecule has 0 aromatic rings. The van der Waals surface area contributed by atoms with Crippen molar-refractivity contribution in [3.8, 4) is 0 Å². The van der Waals surface area contributed by atoms with Gasteiger partial charge in [-0.05, 0) is 6.92 Å². The largest absolute Gasteiger partial charge is 0.403 e. The molecule has 11 heavy (non-hydrogen) atoms. The standard InChI is InChI=1S/C4H9N3.2C2H6/c1-4(6)7-3-2-5;2*1-2/h2-3H,5H2,1H3,(H2,6,7);2*1-2H3/b3-2-;;. The first kappa shape index (κ1) is 16.5. The summed E-state index contributed by atoms with van der Waals surface area (Å²) in [5.41, 5.74) is 10.1. The fourth-order valence-electron chi connectivity index (χ4n) is 0.161. The Labute approximate surface area is 70.2 Å². The molecule has 0 aliphatic rings. The maximum atomic E-state index is 5.12. The third-order valence-electron chi connectivity index (χ3n) is 0.364. The Morgan fingerprint density at radius 1 is 1.18 bits per heavy atom. The van der Waals surface area contributed by atoms with Crippen molar-refractivity contribution in [3.05, 3.63) is 12.4 Å². The van der Waals surface area contributed by atoms with Crippen LogP contribution in [0.15, 0.2) is 17.4 Å². The molecule has 0 saturated heterocycles. The van der Waals surface area contributed by atoms with Crippen molar-refractivity contribution in [1.29, 1.82) is 0 Å². The molecule has 68 valence electrons. The maximum Gasteiger partial charge on any atom is 0.0958 e. The summed E-state index contributed by atoms with van der Waals surface area (Å²) in [5, 5.41) is 0. The molecular weight excluding hydrogens is 138 g/mol. The number of nitrogens with two attached hydrogens (primary N) is 2. The van der Waals surface area contributed by atoms with E-state index in [1.807, 2.05) is 27.7 Å². The zero-order chi connectivity index (χ0) is 9.70. The lowest BCUT2D eigenvalue weighted by atomic mass is 10.7. The second kappa shape index (κ2) is 23.0. The third kappa shape index (κ3) is 48.9. The van der Waals surface area contributed by atoms with E-state index >= 15 is 0 Å². The molecule has 0 amide bonds. The van der Waals surface area contributed by atoms with Gasteiger partial charge >= 0.3 is 0 Å². The molecule has 0 heterocycles. The summed E-state index contributed by atoms with van der Waals surface area (Å²) < 4.78 is 0. The van der Waals surface area contributed by atoms with Crippen LogP contribution in [0.4, 0.5) is 0 Å². The van der Waals surface area contributed by atoms with Crippen molar-refractivity contribution in [2.45, 2.75) is 34.6 Å². The molecule has 0 aromatic heterocycles. The average Bonchev–Trinajstić information content (AvgIpc) is 2.08. The Bertz CT molecular complexity index is 91.5. The summed E-state index contributed by atoms with van der Waals surface area (Å²) in [7, 11) is 0. The van der Waals surface area contributed by atoms with Gasteiger partial charge in [-0.25, -0.2) is 4.99 Å². The van der Waals surface area contributed by atoms with Crippen LogP contribution in [0.5, 0.6) is 0 Å². The lowest BCUT2D eigenvalue weighted by Gasteiger charge is -1.79. The highest BCUT2D eigenvalue weighted by atomic mass is 14.8. The SMILES string of the molecule is CC.CC.CC(N)=N/C=C\N. The Balaban J connectivity index is -0.000000138. The number of amidine groups is 1. The van der Waals surface area contributed by atoms with E-state index in [1.54, 1.807) is 6.92 Å². The number of aliphatic imine (C=N–C) groups is 1. The predicted octanol–water partition coefficient (Wildman–Crippen LogP) is 1.85. The van der Waals surface area contributed by atoms with Gasteiger partial charge < -0.3 is 11.5 Å². The Morgan fingerprint density at radius 3 is 1.64 bits per heavy atom. The molecule has 3 nitrogen and oxygen atoms in total. The first-order valence-electron chi connectivity index (χ1n) is 3.94. The van der Waals surface area contributed by atoms with Crippen LogP contribution in [0.1, 0.15) is 34.6 Å². The number of hydrogen-bond acceptors (Lipinski definition) is 2. The Morgan fingerprint density at radius 2 is 1.55 bits per heavy atom. The summed E-state index contributed by atoms with van der Waals surface area (Å²) >= 11 is 0. The molecule has 0 saturated carbocycles. The number of rotatable bonds is 1. The van der Waals surface area contributed by atoms with Crippen LogP contribution < -0.4 is 11.5 Å². The van der Waals surface area contributed by atoms with E-state index in [0.29, 0.717) is 5.84 Å². The van der Waals surface area contributed by atoms with E-state index in [-0.39, 0.29) is 0 Å². The second-order valence-electron chi connectivity index (χ2n) is 1.11. The quantitative estimate of drug-likeness (QED) is 0.453. The molecule has 3 heteroatoms. The maximum absolute atomic E-state index is 5.12. The first-order chi connectivity index (χ1) is 5.27. The predicted molar refractivity (Wildman–Crippen MR) is 53.3 cm³/mol. The summed E-state index contributed by atoms with van der Waals surface area (Å²) in [5.74, 6) is 0.515. The minimum absolute atomic E-state index is 0.515. The molecule has 0 rings (SSSR count). The molecule has 0 aliphatic heterocycles. The number of hydrogen-bond donors (Lipinski definition) is 2. The average molecular weight is 159 g/mol. The van der Waals surface area contributed by atoms with Gasteiger partial charge in [-0.15, -0.1) is 0 Å². The third-order valence-corrected chi connectivity index (χ3v) is 0.364. The van der Waals surface area contributed by atoms with Gasteiger partial charge in [0, 0.05) is 12.4 Å². The highest BCUT2D eigenvalue weighted by Gasteiger charge is 1.66. The van der Waals surface area contributed by atoms with E-state index in [4.69, 9.17) is 11.5 Å². The van der Waals surface area contributed by atoms with Gasteiger partial charge in [0.05, 0.1) is 5.84 Å². The van der Waals surface area contributed by atoms with Gasteiger partial charge in [-0.3, -0.25) is 0 Å². The van der Waals surface area contributed by atoms with Gasteiger partial charge in [0.25, 0.3) is 0 Å². The molecule has 0 atom stereocenters. The minimum Gasteiger partial charge on any atom is -0.403 e. The van der Waals surface area contributed by atoms with Crippen LogP contribution >= 0.6 is 0 Å². The fourth-order valence-corrected chi connectivity index (χ4v) is 0.161. The lowest BCUT2D eigenvalue weighted by Crippen LogP contribution is -2.03. The summed E-state index contributed by atoms with van der Waals surface area (Å²) in [6, 6.07) is 0. The summed E-state index contributed by atoms with van der Waals surface area (Å²) in [4.78, 5) is 3.63. The molecule has 4 N–H and O–H groups in total. The molecule has 0 aromatic carbocycles. The monoisotopic (exact) mass is 159 g/mol. The van der Waals surface area contributed by atoms with Gasteiger partial charge in [0.2, 0.25) is 0 Å². The van der Waals surface area contributed by atoms with E-state index in [2.05, 4.69) is 4.99 Å². The van der Waals surface area contributed by atoms with Crippen molar-refractivity contribution < 1.29 is 0 Å². The Hall–Kier alpha value is -0.990. The fraction of sp³-hybridized carbons (Fsp3) is 0.625. The van der Waals surface area contributed by atoms with E-state index in [0.717, 1.165) is 0 Å². The van der Waals surface area contributed by atoms with E-state index in [9.17, 15) is 0 Å².